The van der Waals surface area contributed by atoms with Gasteiger partial charge in [0, 0.05) is 11.1 Å². The normalized spacial score (nSPS) is 16.8. The van der Waals surface area contributed by atoms with Crippen molar-refractivity contribution in [1.29, 1.82) is 0 Å². The second-order valence-corrected chi connectivity index (χ2v) is 11.1. The molecule has 0 saturated heterocycles. The number of hydrogen-bond donors (Lipinski definition) is 0. The third-order valence-electron chi connectivity index (χ3n) is 6.13. The van der Waals surface area contributed by atoms with Crippen LogP contribution >= 0.6 is 16.8 Å². The van der Waals surface area contributed by atoms with Crippen molar-refractivity contribution in [1.82, 2.24) is 0 Å². The molecule has 0 bridgehead atoms. The zero-order valence-corrected chi connectivity index (χ0v) is 20.9. The lowest BCUT2D eigenvalue weighted by atomic mass is 10.0. The van der Waals surface area contributed by atoms with E-state index in [1.165, 1.54) is 0 Å². The highest BCUT2D eigenvalue weighted by Gasteiger charge is 2.32. The first-order valence-electron chi connectivity index (χ1n) is 11.6. The standard InChI is InChI=1S/C30H20O4P2/c1-5-15-25-21(11-1)23-13-3-9-19-29(23)35(31-25)33-27-17-7-8-18-28(27)34-36-30-20-10-4-14-24(30)22-12-2-6-16-26(22)32-36/h1-20H. The van der Waals surface area contributed by atoms with Gasteiger partial charge in [-0.3, -0.25) is 0 Å². The molecule has 2 unspecified atom stereocenters. The van der Waals surface area contributed by atoms with E-state index in [1.54, 1.807) is 0 Å². The monoisotopic (exact) mass is 506 g/mol. The Morgan fingerprint density at radius 2 is 0.750 bits per heavy atom. The zero-order chi connectivity index (χ0) is 23.9. The van der Waals surface area contributed by atoms with Gasteiger partial charge in [-0.15, -0.1) is 0 Å². The van der Waals surface area contributed by atoms with Crippen LogP contribution in [0.1, 0.15) is 0 Å². The third-order valence-corrected chi connectivity index (χ3v) is 9.15. The van der Waals surface area contributed by atoms with Crippen LogP contribution in [-0.2, 0) is 0 Å². The summed E-state index contributed by atoms with van der Waals surface area (Å²) >= 11 is 0. The summed E-state index contributed by atoms with van der Waals surface area (Å²) in [4.78, 5) is 0. The number of rotatable bonds is 4. The van der Waals surface area contributed by atoms with Gasteiger partial charge in [-0.05, 0) is 47.5 Å². The van der Waals surface area contributed by atoms with Crippen molar-refractivity contribution in [2.45, 2.75) is 0 Å². The molecule has 4 nitrogen and oxygen atoms in total. The van der Waals surface area contributed by atoms with E-state index in [1.807, 2.05) is 84.9 Å². The van der Waals surface area contributed by atoms with Gasteiger partial charge in [-0.25, -0.2) is 0 Å². The molecule has 36 heavy (non-hydrogen) atoms. The third kappa shape index (κ3) is 3.71. The first-order chi connectivity index (χ1) is 17.8. The van der Waals surface area contributed by atoms with Crippen LogP contribution in [0.3, 0.4) is 0 Å². The second kappa shape index (κ2) is 8.99. The summed E-state index contributed by atoms with van der Waals surface area (Å²) in [6.07, 6.45) is 0. The predicted molar refractivity (Wildman–Crippen MR) is 146 cm³/mol. The fourth-order valence-electron chi connectivity index (χ4n) is 4.45. The molecule has 2 aliphatic rings. The summed E-state index contributed by atoms with van der Waals surface area (Å²) in [6.45, 7) is 0. The summed E-state index contributed by atoms with van der Waals surface area (Å²) in [5.41, 5.74) is 4.42. The van der Waals surface area contributed by atoms with Crippen molar-refractivity contribution in [3.8, 4) is 45.3 Å². The van der Waals surface area contributed by atoms with E-state index in [2.05, 4.69) is 36.4 Å². The van der Waals surface area contributed by atoms with E-state index in [9.17, 15) is 0 Å². The Balaban J connectivity index is 1.22. The highest BCUT2D eigenvalue weighted by Crippen LogP contribution is 2.54. The molecule has 174 valence electrons. The molecule has 6 heteroatoms. The highest BCUT2D eigenvalue weighted by atomic mass is 31.2. The Hall–Kier alpha value is -3.84. The van der Waals surface area contributed by atoms with E-state index in [-0.39, 0.29) is 0 Å². The number of para-hydroxylation sites is 4. The van der Waals surface area contributed by atoms with Crippen molar-refractivity contribution in [3.05, 3.63) is 121 Å². The molecule has 0 aromatic heterocycles. The maximum Gasteiger partial charge on any atom is 0.326 e. The Labute approximate surface area is 211 Å². The first-order valence-corrected chi connectivity index (χ1v) is 14.0. The molecule has 0 spiro atoms. The van der Waals surface area contributed by atoms with Crippen LogP contribution in [0.2, 0.25) is 0 Å². The van der Waals surface area contributed by atoms with Crippen molar-refractivity contribution in [2.75, 3.05) is 0 Å². The molecule has 5 aromatic rings. The zero-order valence-electron chi connectivity index (χ0n) is 19.1. The molecule has 0 saturated carbocycles. The summed E-state index contributed by atoms with van der Waals surface area (Å²) in [5.74, 6) is 2.90. The quantitative estimate of drug-likeness (QED) is 0.233. The Bertz CT molecular complexity index is 1470. The van der Waals surface area contributed by atoms with Crippen molar-refractivity contribution in [2.24, 2.45) is 0 Å². The lowest BCUT2D eigenvalue weighted by molar-refractivity contribution is 0.460. The molecule has 0 N–H and O–H groups in total. The van der Waals surface area contributed by atoms with E-state index in [0.717, 1.165) is 44.4 Å². The average molecular weight is 506 g/mol. The molecule has 2 heterocycles. The minimum Gasteiger partial charge on any atom is -0.435 e. The van der Waals surface area contributed by atoms with Gasteiger partial charge >= 0.3 is 16.8 Å². The minimum absolute atomic E-state index is 0.625. The van der Waals surface area contributed by atoms with E-state index >= 15 is 0 Å². The van der Waals surface area contributed by atoms with Crippen LogP contribution in [0.5, 0.6) is 23.0 Å². The molecule has 0 radical (unpaired) electrons. The highest BCUT2D eigenvalue weighted by molar-refractivity contribution is 7.57. The minimum atomic E-state index is -1.40. The van der Waals surface area contributed by atoms with Gasteiger partial charge in [0.05, 0.1) is 10.6 Å². The Morgan fingerprint density at radius 3 is 1.22 bits per heavy atom. The van der Waals surface area contributed by atoms with Gasteiger partial charge in [0.2, 0.25) is 0 Å². The smallest absolute Gasteiger partial charge is 0.326 e. The van der Waals surface area contributed by atoms with Crippen LogP contribution in [-0.4, -0.2) is 0 Å². The topological polar surface area (TPSA) is 36.9 Å². The number of fused-ring (bicyclic) bond motifs is 6. The Morgan fingerprint density at radius 1 is 0.389 bits per heavy atom. The van der Waals surface area contributed by atoms with Crippen LogP contribution in [0.4, 0.5) is 0 Å². The molecule has 0 fully saturated rings. The molecule has 2 aliphatic heterocycles. The second-order valence-electron chi connectivity index (χ2n) is 8.35. The SMILES string of the molecule is c1ccc(OP2Oc3ccccc3-c3ccccc32)c(OP2Oc3ccccc3-c3ccccc32)c1. The predicted octanol–water partition coefficient (Wildman–Crippen LogP) is 7.84. The first kappa shape index (κ1) is 21.4. The van der Waals surface area contributed by atoms with Crippen LogP contribution in [0, 0.1) is 0 Å². The molecular weight excluding hydrogens is 486 g/mol. The molecule has 2 atom stereocenters. The fraction of sp³-hybridized carbons (Fsp3) is 0. The van der Waals surface area contributed by atoms with Gasteiger partial charge in [0.1, 0.15) is 11.5 Å². The lowest BCUT2D eigenvalue weighted by Crippen LogP contribution is -2.18. The maximum absolute atomic E-state index is 6.54. The van der Waals surface area contributed by atoms with E-state index < -0.39 is 16.8 Å². The summed E-state index contributed by atoms with van der Waals surface area (Å²) in [5, 5.41) is 2.08. The molecule has 0 aliphatic carbocycles. The summed E-state index contributed by atoms with van der Waals surface area (Å²) in [6, 6.07) is 40.4. The number of benzene rings is 5. The van der Waals surface area contributed by atoms with E-state index in [4.69, 9.17) is 18.1 Å². The molecule has 0 amide bonds. The molecule has 7 rings (SSSR count). The average Bonchev–Trinajstić information content (AvgIpc) is 2.94. The molecule has 5 aromatic carbocycles. The summed E-state index contributed by atoms with van der Waals surface area (Å²) < 4.78 is 25.8. The number of hydrogen-bond acceptors (Lipinski definition) is 4. The fourth-order valence-corrected chi connectivity index (χ4v) is 7.45. The Kier molecular flexibility index (Phi) is 5.35. The van der Waals surface area contributed by atoms with Gasteiger partial charge in [-0.1, -0.05) is 84.9 Å². The summed E-state index contributed by atoms with van der Waals surface area (Å²) in [7, 11) is -2.80. The maximum atomic E-state index is 6.54. The molecular formula is C30H20O4P2. The van der Waals surface area contributed by atoms with Gasteiger partial charge in [0.15, 0.2) is 11.5 Å². The largest absolute Gasteiger partial charge is 0.435 e. The van der Waals surface area contributed by atoms with Crippen LogP contribution in [0.25, 0.3) is 22.3 Å². The van der Waals surface area contributed by atoms with Crippen LogP contribution in [0.15, 0.2) is 121 Å². The van der Waals surface area contributed by atoms with Crippen molar-refractivity contribution < 1.29 is 18.1 Å². The lowest BCUT2D eigenvalue weighted by Gasteiger charge is -2.29. The van der Waals surface area contributed by atoms with Crippen molar-refractivity contribution >= 4 is 27.4 Å². The van der Waals surface area contributed by atoms with E-state index in [0.29, 0.717) is 11.5 Å². The van der Waals surface area contributed by atoms with Gasteiger partial charge < -0.3 is 18.1 Å². The van der Waals surface area contributed by atoms with Crippen molar-refractivity contribution in [3.63, 3.8) is 0 Å². The van der Waals surface area contributed by atoms with Crippen LogP contribution < -0.4 is 28.7 Å². The van der Waals surface area contributed by atoms with Gasteiger partial charge in [-0.2, -0.15) is 0 Å². The van der Waals surface area contributed by atoms with Gasteiger partial charge in [0.25, 0.3) is 0 Å².